The summed E-state index contributed by atoms with van der Waals surface area (Å²) in [6.07, 6.45) is 10.3. The van der Waals surface area contributed by atoms with Gasteiger partial charge in [0.1, 0.15) is 18.7 Å². The van der Waals surface area contributed by atoms with Gasteiger partial charge in [-0.15, -0.1) is 0 Å². The lowest BCUT2D eigenvalue weighted by molar-refractivity contribution is -0.248. The van der Waals surface area contributed by atoms with Crippen molar-refractivity contribution in [3.63, 3.8) is 0 Å². The van der Waals surface area contributed by atoms with Gasteiger partial charge in [0.25, 0.3) is 17.7 Å². The van der Waals surface area contributed by atoms with Crippen LogP contribution in [-0.4, -0.2) is 162 Å². The number of unbranched alkanes of at least 4 members (excludes halogenated alkanes) is 2. The van der Waals surface area contributed by atoms with Gasteiger partial charge in [-0.3, -0.25) is 49.0 Å². The van der Waals surface area contributed by atoms with Crippen molar-refractivity contribution in [1.29, 1.82) is 0 Å². The Kier molecular flexibility index (Phi) is 23.1. The molecular weight excluding hydrogens is 1340 g/mol. The van der Waals surface area contributed by atoms with Crippen molar-refractivity contribution >= 4 is 91.8 Å². The van der Waals surface area contributed by atoms with Crippen LogP contribution in [0.3, 0.4) is 0 Å². The van der Waals surface area contributed by atoms with Crippen molar-refractivity contribution < 1.29 is 67.9 Å². The quantitative estimate of drug-likeness (QED) is 0.0103. The van der Waals surface area contributed by atoms with Crippen LogP contribution in [-0.2, 0) is 59.6 Å². The van der Waals surface area contributed by atoms with Gasteiger partial charge in [-0.25, -0.2) is 24.4 Å². The Morgan fingerprint density at radius 2 is 1.54 bits per heavy atom. The fraction of sp³-hybridized carbons (Fsp3) is 0.493. The number of rotatable bonds is 34. The summed E-state index contributed by atoms with van der Waals surface area (Å²) in [6, 6.07) is 21.1. The standard InChI is InChI=1S/C75H93N13O14S/c1-46(2)63(83-59(89)19-7-6-10-32-87-60(90)27-28-61(87)91)67(96)80-56(17-12-30-77-69(76)99)66(95)79-50-23-21-48(22-24-50)38-101-71(100)85(31-13-20-62(92)93)34-35-102-75-42-72(4)39-73(5,43-75)41-74(40-72,44-75)45-88-47(3)53(36-78-88)51-25-26-58(82-64(51)68(97)98)86-33-29-49-14-11-15-52(54(49)37-86)65(94)84-70-81-55-16-8-9-18-57(55)103-70/h8-9,11,14-16,18,21-28,36,46,56,63,67,80,96H,6-7,10,12-13,17,19-20,29-35,37-45H2,1-5H3,(H,79,95)(H,83,89)(H,92,93)(H,97,98)(H3,76,77,99)(H,81,84,94)/t56-,63-,67?,72?,73?,74?,75?/m0/s1. The Hall–Kier alpha value is -9.64. The van der Waals surface area contributed by atoms with Gasteiger partial charge in [-0.2, -0.15) is 5.10 Å². The predicted molar refractivity (Wildman–Crippen MR) is 386 cm³/mol. The first kappa shape index (κ1) is 74.5. The number of aromatic nitrogens is 4. The van der Waals surface area contributed by atoms with E-state index in [1.54, 1.807) is 42.6 Å². The number of carbonyl (C=O) groups is 9. The number of aliphatic hydroxyl groups is 1. The molecule has 103 heavy (non-hydrogen) atoms. The summed E-state index contributed by atoms with van der Waals surface area (Å²) in [7, 11) is 0. The molecule has 548 valence electrons. The lowest BCUT2D eigenvalue weighted by Gasteiger charge is -2.69. The minimum Gasteiger partial charge on any atom is -0.481 e. The second kappa shape index (κ2) is 31.9. The molecule has 4 bridgehead atoms. The maximum absolute atomic E-state index is 14.0. The zero-order valence-electron chi connectivity index (χ0n) is 59.0. The second-order valence-corrected chi connectivity index (χ2v) is 30.6. The summed E-state index contributed by atoms with van der Waals surface area (Å²) in [5, 5.41) is 51.5. The Bertz CT molecular complexity index is 4140. The van der Waals surface area contributed by atoms with Gasteiger partial charge in [0.2, 0.25) is 11.8 Å². The molecule has 8 amide bonds. The third-order valence-electron chi connectivity index (χ3n) is 20.6. The number of thiazole rings is 1. The Morgan fingerprint density at radius 3 is 2.25 bits per heavy atom. The number of aliphatic carboxylic acids is 1. The molecule has 3 unspecified atom stereocenters. The number of pyridine rings is 1. The number of carbonyl (C=O) groups excluding carboxylic acids is 7. The predicted octanol–water partition coefficient (Wildman–Crippen LogP) is 9.31. The number of carboxylic acid groups (broad SMARTS) is 2. The van der Waals surface area contributed by atoms with Crippen LogP contribution in [0.1, 0.15) is 161 Å². The van der Waals surface area contributed by atoms with Crippen LogP contribution >= 0.6 is 11.3 Å². The third kappa shape index (κ3) is 18.2. The zero-order valence-corrected chi connectivity index (χ0v) is 59.8. The van der Waals surface area contributed by atoms with E-state index < -0.39 is 53.9 Å². The number of amides is 8. The first-order valence-electron chi connectivity index (χ1n) is 35.4. The van der Waals surface area contributed by atoms with E-state index in [9.17, 15) is 58.5 Å². The first-order valence-corrected chi connectivity index (χ1v) is 36.3. The molecule has 10 N–H and O–H groups in total. The lowest BCUT2D eigenvalue weighted by atomic mass is 9.39. The van der Waals surface area contributed by atoms with Crippen LogP contribution in [0.4, 0.5) is 26.2 Å². The van der Waals surface area contributed by atoms with E-state index in [2.05, 4.69) is 45.4 Å². The van der Waals surface area contributed by atoms with E-state index in [1.807, 2.05) is 72.8 Å². The Labute approximate surface area is 601 Å². The number of benzene rings is 3. The number of aromatic carboxylic acids is 1. The van der Waals surface area contributed by atoms with Gasteiger partial charge >= 0.3 is 24.1 Å². The summed E-state index contributed by atoms with van der Waals surface area (Å²) >= 11 is 1.41. The monoisotopic (exact) mass is 1430 g/mol. The topological polar surface area (TPSA) is 372 Å². The Balaban J connectivity index is 0.695. The number of imide groups is 1. The van der Waals surface area contributed by atoms with Crippen molar-refractivity contribution in [3.05, 3.63) is 131 Å². The van der Waals surface area contributed by atoms with Crippen LogP contribution < -0.4 is 37.2 Å². The van der Waals surface area contributed by atoms with Gasteiger partial charge < -0.3 is 56.3 Å². The highest BCUT2D eigenvalue weighted by atomic mass is 32.1. The van der Waals surface area contributed by atoms with E-state index in [1.165, 1.54) is 28.4 Å². The van der Waals surface area contributed by atoms with Gasteiger partial charge in [0.05, 0.1) is 40.7 Å². The van der Waals surface area contributed by atoms with Crippen molar-refractivity contribution in [3.8, 4) is 11.1 Å². The van der Waals surface area contributed by atoms with E-state index in [0.717, 1.165) is 70.5 Å². The molecule has 27 nitrogen and oxygen atoms in total. The molecule has 0 radical (unpaired) electrons. The van der Waals surface area contributed by atoms with E-state index in [0.29, 0.717) is 90.6 Å². The minimum atomic E-state index is -1.37. The number of para-hydroxylation sites is 1. The molecule has 4 aliphatic carbocycles. The lowest BCUT2D eigenvalue weighted by Crippen LogP contribution is -2.64. The first-order chi connectivity index (χ1) is 49.2. The summed E-state index contributed by atoms with van der Waals surface area (Å²) in [5.74, 6) is -3.79. The van der Waals surface area contributed by atoms with Gasteiger partial charge in [0.15, 0.2) is 10.8 Å². The average molecular weight is 1430 g/mol. The number of nitrogens with two attached hydrogens (primary N) is 1. The number of fused-ring (bicyclic) bond motifs is 2. The van der Waals surface area contributed by atoms with E-state index >= 15 is 0 Å². The molecule has 4 saturated carbocycles. The second-order valence-electron chi connectivity index (χ2n) is 29.6. The number of primary amides is 1. The number of aliphatic hydroxyl groups excluding tert-OH is 1. The minimum absolute atomic E-state index is 0.0629. The molecule has 3 aromatic carbocycles. The molecule has 5 heterocycles. The van der Waals surface area contributed by atoms with Gasteiger partial charge in [-0.1, -0.05) is 81.9 Å². The normalized spacial score (nSPS) is 21.1. The van der Waals surface area contributed by atoms with Crippen LogP contribution in [0.5, 0.6) is 0 Å². The van der Waals surface area contributed by atoms with Crippen molar-refractivity contribution in [1.82, 2.24) is 45.5 Å². The van der Waals surface area contributed by atoms with Crippen LogP contribution in [0, 0.1) is 29.1 Å². The number of nitrogens with one attached hydrogen (secondary N) is 5. The van der Waals surface area contributed by atoms with Gasteiger partial charge in [-0.05, 0) is 165 Å². The van der Waals surface area contributed by atoms with Gasteiger partial charge in [0, 0.05) is 98.9 Å². The highest BCUT2D eigenvalue weighted by Crippen LogP contribution is 2.72. The number of hydrogen-bond donors (Lipinski definition) is 9. The highest BCUT2D eigenvalue weighted by molar-refractivity contribution is 7.22. The fourth-order valence-corrected chi connectivity index (χ4v) is 17.9. The van der Waals surface area contributed by atoms with Crippen LogP contribution in [0.2, 0.25) is 0 Å². The smallest absolute Gasteiger partial charge is 0.410 e. The molecule has 12 rings (SSSR count). The molecule has 0 spiro atoms. The van der Waals surface area contributed by atoms with Crippen molar-refractivity contribution in [2.75, 3.05) is 54.9 Å². The molecule has 4 fully saturated rings. The molecule has 6 aromatic rings. The number of urea groups is 1. The fourth-order valence-electron chi connectivity index (χ4n) is 17.0. The number of carboxylic acids is 2. The molecule has 5 atom stereocenters. The summed E-state index contributed by atoms with van der Waals surface area (Å²) in [6.45, 7) is 12.4. The molecule has 6 aliphatic rings. The van der Waals surface area contributed by atoms with Crippen molar-refractivity contribution in [2.24, 2.45) is 27.9 Å². The molecule has 28 heteroatoms. The number of ether oxygens (including phenoxy) is 2. The number of nitrogens with zero attached hydrogens (tertiary/aromatic N) is 7. The van der Waals surface area contributed by atoms with Crippen molar-refractivity contribution in [2.45, 2.75) is 175 Å². The largest absolute Gasteiger partial charge is 0.481 e. The molecule has 2 aliphatic heterocycles. The summed E-state index contributed by atoms with van der Waals surface area (Å²) in [4.78, 5) is 129. The maximum atomic E-state index is 14.0. The van der Waals surface area contributed by atoms with Crippen LogP contribution in [0.15, 0.2) is 97.2 Å². The summed E-state index contributed by atoms with van der Waals surface area (Å²) < 4.78 is 15.9. The number of hydrogen-bond acceptors (Lipinski definition) is 18. The third-order valence-corrected chi connectivity index (χ3v) is 21.6. The Morgan fingerprint density at radius 1 is 0.796 bits per heavy atom. The summed E-state index contributed by atoms with van der Waals surface area (Å²) in [5.41, 5.74) is 10.4. The zero-order chi connectivity index (χ0) is 73.4. The molecule has 0 saturated heterocycles. The average Bonchev–Trinajstić information content (AvgIpc) is 0.817. The van der Waals surface area contributed by atoms with E-state index in [-0.39, 0.29) is 117 Å². The van der Waals surface area contributed by atoms with E-state index in [4.69, 9.17) is 25.3 Å². The SMILES string of the molecule is Cc1c(-c2ccc(N3CCc4cccc(C(=O)Nc5nc6ccccc6s5)c4C3)nc2C(=O)O)cnn1CC12CC3(C)CC(C)(C1)CC(OCCN(CCCC(=O)O)C(=O)OCc1ccc(NC(=O)[C@H](CCCNC(N)=O)NC(O)[C@@H](NC(=O)CCCCCN4C(=O)C=CC4=O)C(C)C)cc1)(C3)C2. The maximum Gasteiger partial charge on any atom is 0.410 e. The molecule has 3 aromatic heterocycles. The molecular formula is C75H93N13O14S. The highest BCUT2D eigenvalue weighted by Gasteiger charge is 2.66. The van der Waals surface area contributed by atoms with Crippen LogP contribution in [0.25, 0.3) is 21.3 Å². The number of anilines is 3.